The number of aliphatic carboxylic acids is 1. The smallest absolute Gasteiger partial charge is 0.352 e. The average molecular weight is 319 g/mol. The number of carbonyl (C=O) groups excluding carboxylic acids is 2. The SMILES string of the molecule is O=CCNC(=O)N/C(=C/CCCNCc1ccccc1)C(=O)O. The summed E-state index contributed by atoms with van der Waals surface area (Å²) in [4.78, 5) is 32.5. The molecule has 1 rings (SSSR count). The minimum Gasteiger partial charge on any atom is -0.477 e. The van der Waals surface area contributed by atoms with Gasteiger partial charge in [-0.05, 0) is 24.9 Å². The summed E-state index contributed by atoms with van der Waals surface area (Å²) in [6.45, 7) is 1.32. The standard InChI is InChI=1S/C16H21N3O4/c20-11-10-18-16(23)19-14(15(21)22)8-4-5-9-17-12-13-6-2-1-3-7-13/h1-3,6-8,11,17H,4-5,9-10,12H2,(H,21,22)(H2,18,19,23)/b14-8+. The van der Waals surface area contributed by atoms with Crippen LogP contribution >= 0.6 is 0 Å². The van der Waals surface area contributed by atoms with Crippen molar-refractivity contribution in [2.24, 2.45) is 0 Å². The first kappa shape index (κ1) is 18.4. The fraction of sp³-hybridized carbons (Fsp3) is 0.312. The number of urea groups is 1. The van der Waals surface area contributed by atoms with Crippen molar-refractivity contribution in [1.29, 1.82) is 0 Å². The van der Waals surface area contributed by atoms with E-state index < -0.39 is 12.0 Å². The van der Waals surface area contributed by atoms with Crippen LogP contribution in [0.3, 0.4) is 0 Å². The van der Waals surface area contributed by atoms with Gasteiger partial charge in [0.05, 0.1) is 6.54 Å². The summed E-state index contributed by atoms with van der Waals surface area (Å²) in [7, 11) is 0. The summed E-state index contributed by atoms with van der Waals surface area (Å²) in [5, 5.41) is 16.7. The zero-order valence-corrected chi connectivity index (χ0v) is 12.7. The fourth-order valence-electron chi connectivity index (χ4n) is 1.79. The lowest BCUT2D eigenvalue weighted by Crippen LogP contribution is -2.37. The van der Waals surface area contributed by atoms with E-state index in [0.717, 1.165) is 19.5 Å². The second kappa shape index (κ2) is 11.0. The molecule has 0 atom stereocenters. The second-order valence-electron chi connectivity index (χ2n) is 4.73. The number of rotatable bonds is 10. The van der Waals surface area contributed by atoms with Gasteiger partial charge >= 0.3 is 12.0 Å². The van der Waals surface area contributed by atoms with Crippen LogP contribution in [-0.2, 0) is 16.1 Å². The monoisotopic (exact) mass is 319 g/mol. The molecule has 1 aromatic rings. The number of carboxylic acid groups (broad SMARTS) is 1. The zero-order chi connectivity index (χ0) is 16.9. The van der Waals surface area contributed by atoms with Crippen molar-refractivity contribution in [3.8, 4) is 0 Å². The van der Waals surface area contributed by atoms with E-state index in [4.69, 9.17) is 5.11 Å². The molecular weight excluding hydrogens is 298 g/mol. The van der Waals surface area contributed by atoms with Gasteiger partial charge < -0.3 is 25.9 Å². The Balaban J connectivity index is 2.27. The highest BCUT2D eigenvalue weighted by atomic mass is 16.4. The molecule has 0 aliphatic heterocycles. The lowest BCUT2D eigenvalue weighted by atomic mass is 10.2. The molecule has 7 nitrogen and oxygen atoms in total. The van der Waals surface area contributed by atoms with Crippen LogP contribution in [0.25, 0.3) is 0 Å². The highest BCUT2D eigenvalue weighted by Gasteiger charge is 2.10. The van der Waals surface area contributed by atoms with Gasteiger partial charge in [-0.2, -0.15) is 0 Å². The van der Waals surface area contributed by atoms with Gasteiger partial charge in [-0.25, -0.2) is 9.59 Å². The topological polar surface area (TPSA) is 108 Å². The van der Waals surface area contributed by atoms with Crippen molar-refractivity contribution >= 4 is 18.3 Å². The molecule has 124 valence electrons. The molecule has 0 spiro atoms. The van der Waals surface area contributed by atoms with Crippen LogP contribution in [0.2, 0.25) is 0 Å². The largest absolute Gasteiger partial charge is 0.477 e. The molecule has 0 aromatic heterocycles. The van der Waals surface area contributed by atoms with E-state index in [1.165, 1.54) is 11.6 Å². The summed E-state index contributed by atoms with van der Waals surface area (Å²) in [5.74, 6) is -1.22. The molecule has 7 heteroatoms. The van der Waals surface area contributed by atoms with Crippen LogP contribution in [0, 0.1) is 0 Å². The third kappa shape index (κ3) is 8.37. The predicted molar refractivity (Wildman–Crippen MR) is 85.7 cm³/mol. The van der Waals surface area contributed by atoms with Gasteiger partial charge in [0.15, 0.2) is 0 Å². The van der Waals surface area contributed by atoms with E-state index in [1.54, 1.807) is 0 Å². The lowest BCUT2D eigenvalue weighted by molar-refractivity contribution is -0.133. The van der Waals surface area contributed by atoms with Gasteiger partial charge in [0.2, 0.25) is 0 Å². The van der Waals surface area contributed by atoms with E-state index in [1.807, 2.05) is 30.3 Å². The Hall–Kier alpha value is -2.67. The number of hydrogen-bond donors (Lipinski definition) is 4. The van der Waals surface area contributed by atoms with Gasteiger partial charge in [0, 0.05) is 6.54 Å². The minimum atomic E-state index is -1.22. The maximum absolute atomic E-state index is 11.3. The Labute approximate surface area is 134 Å². The third-order valence-electron chi connectivity index (χ3n) is 2.90. The van der Waals surface area contributed by atoms with Crippen LogP contribution in [0.1, 0.15) is 18.4 Å². The van der Waals surface area contributed by atoms with E-state index in [0.29, 0.717) is 12.7 Å². The zero-order valence-electron chi connectivity index (χ0n) is 12.7. The predicted octanol–water partition coefficient (Wildman–Crippen LogP) is 1.02. The number of unbranched alkanes of at least 4 members (excludes halogenated alkanes) is 1. The summed E-state index contributed by atoms with van der Waals surface area (Å²) in [6, 6.07) is 9.24. The Morgan fingerprint density at radius 1 is 1.17 bits per heavy atom. The summed E-state index contributed by atoms with van der Waals surface area (Å²) in [6.07, 6.45) is 3.22. The van der Waals surface area contributed by atoms with Crippen molar-refractivity contribution in [2.45, 2.75) is 19.4 Å². The summed E-state index contributed by atoms with van der Waals surface area (Å²) < 4.78 is 0. The van der Waals surface area contributed by atoms with Crippen LogP contribution in [0.5, 0.6) is 0 Å². The molecule has 0 bridgehead atoms. The first-order chi connectivity index (χ1) is 11.1. The summed E-state index contributed by atoms with van der Waals surface area (Å²) in [5.41, 5.74) is 0.985. The van der Waals surface area contributed by atoms with Crippen molar-refractivity contribution in [1.82, 2.24) is 16.0 Å². The first-order valence-corrected chi connectivity index (χ1v) is 7.30. The number of carbonyl (C=O) groups is 3. The summed E-state index contributed by atoms with van der Waals surface area (Å²) >= 11 is 0. The second-order valence-corrected chi connectivity index (χ2v) is 4.73. The Morgan fingerprint density at radius 2 is 1.91 bits per heavy atom. The van der Waals surface area contributed by atoms with Gasteiger partial charge in [-0.3, -0.25) is 0 Å². The molecule has 0 radical (unpaired) electrons. The molecule has 4 N–H and O–H groups in total. The number of aldehydes is 1. The van der Waals surface area contributed by atoms with Gasteiger partial charge in [0.25, 0.3) is 0 Å². The fourth-order valence-corrected chi connectivity index (χ4v) is 1.79. The molecule has 0 fully saturated rings. The average Bonchev–Trinajstić information content (AvgIpc) is 2.55. The molecule has 0 aliphatic carbocycles. The quantitative estimate of drug-likeness (QED) is 0.293. The normalized spacial score (nSPS) is 10.9. The van der Waals surface area contributed by atoms with Crippen LogP contribution in [0.15, 0.2) is 42.1 Å². The number of carboxylic acids is 1. The van der Waals surface area contributed by atoms with Crippen molar-refractivity contribution in [3.63, 3.8) is 0 Å². The number of allylic oxidation sites excluding steroid dienone is 1. The van der Waals surface area contributed by atoms with E-state index in [2.05, 4.69) is 16.0 Å². The molecule has 23 heavy (non-hydrogen) atoms. The molecular formula is C16H21N3O4. The lowest BCUT2D eigenvalue weighted by Gasteiger charge is -2.07. The number of hydrogen-bond acceptors (Lipinski definition) is 4. The van der Waals surface area contributed by atoms with Gasteiger partial charge in [-0.1, -0.05) is 36.4 Å². The maximum atomic E-state index is 11.3. The highest BCUT2D eigenvalue weighted by molar-refractivity contribution is 5.92. The first-order valence-electron chi connectivity index (χ1n) is 7.30. The maximum Gasteiger partial charge on any atom is 0.352 e. The molecule has 0 saturated carbocycles. The van der Waals surface area contributed by atoms with Crippen molar-refractivity contribution < 1.29 is 19.5 Å². The Bertz CT molecular complexity index is 544. The molecule has 0 unspecified atom stereocenters. The minimum absolute atomic E-state index is 0.165. The van der Waals surface area contributed by atoms with E-state index in [-0.39, 0.29) is 12.2 Å². The molecule has 1 aromatic carbocycles. The van der Waals surface area contributed by atoms with E-state index in [9.17, 15) is 14.4 Å². The molecule has 0 saturated heterocycles. The molecule has 0 aliphatic rings. The highest BCUT2D eigenvalue weighted by Crippen LogP contribution is 1.99. The number of benzene rings is 1. The van der Waals surface area contributed by atoms with Crippen LogP contribution in [-0.4, -0.2) is 36.5 Å². The Morgan fingerprint density at radius 3 is 2.57 bits per heavy atom. The van der Waals surface area contributed by atoms with E-state index >= 15 is 0 Å². The van der Waals surface area contributed by atoms with Crippen molar-refractivity contribution in [3.05, 3.63) is 47.7 Å². The van der Waals surface area contributed by atoms with Crippen molar-refractivity contribution in [2.75, 3.05) is 13.1 Å². The van der Waals surface area contributed by atoms with Crippen LogP contribution in [0.4, 0.5) is 4.79 Å². The third-order valence-corrected chi connectivity index (χ3v) is 2.90. The number of nitrogens with one attached hydrogen (secondary N) is 3. The molecule has 0 heterocycles. The molecule has 2 amide bonds. The van der Waals surface area contributed by atoms with Gasteiger partial charge in [-0.15, -0.1) is 0 Å². The van der Waals surface area contributed by atoms with Gasteiger partial charge in [0.1, 0.15) is 12.0 Å². The number of amides is 2. The Kier molecular flexibility index (Phi) is 8.77. The van der Waals surface area contributed by atoms with Crippen LogP contribution < -0.4 is 16.0 Å².